The number of hydrogen-bond acceptors (Lipinski definition) is 4. The van der Waals surface area contributed by atoms with Crippen molar-refractivity contribution in [2.24, 2.45) is 0 Å². The summed E-state index contributed by atoms with van der Waals surface area (Å²) >= 11 is 0. The van der Waals surface area contributed by atoms with Gasteiger partial charge in [0.05, 0.1) is 17.7 Å². The molecule has 1 aromatic rings. The van der Waals surface area contributed by atoms with E-state index in [0.717, 1.165) is 0 Å². The van der Waals surface area contributed by atoms with Gasteiger partial charge < -0.3 is 10.8 Å². The van der Waals surface area contributed by atoms with Crippen LogP contribution in [0.5, 0.6) is 0 Å². The maximum absolute atomic E-state index is 9.18. The molecule has 0 saturated carbocycles. The standard InChI is InChI=1S/C11H9N3O/c12-6-9(11(15)7-13)5-8-3-1-2-4-10(8)14/h1-5,11,15H,14H2/b9-5-. The van der Waals surface area contributed by atoms with Gasteiger partial charge in [-0.3, -0.25) is 0 Å². The van der Waals surface area contributed by atoms with E-state index in [1.165, 1.54) is 6.08 Å². The zero-order valence-electron chi connectivity index (χ0n) is 7.88. The minimum absolute atomic E-state index is 0.0181. The Hall–Kier alpha value is -2.30. The summed E-state index contributed by atoms with van der Waals surface area (Å²) in [6.45, 7) is 0. The molecule has 4 nitrogen and oxygen atoms in total. The van der Waals surface area contributed by atoms with Gasteiger partial charge in [0.1, 0.15) is 0 Å². The molecule has 15 heavy (non-hydrogen) atoms. The van der Waals surface area contributed by atoms with Gasteiger partial charge in [0, 0.05) is 5.69 Å². The van der Waals surface area contributed by atoms with Crippen LogP contribution in [0, 0.1) is 22.7 Å². The van der Waals surface area contributed by atoms with E-state index in [1.807, 2.05) is 0 Å². The Morgan fingerprint density at radius 1 is 1.40 bits per heavy atom. The summed E-state index contributed by atoms with van der Waals surface area (Å²) < 4.78 is 0. The first-order valence-corrected chi connectivity index (χ1v) is 4.23. The van der Waals surface area contributed by atoms with Crippen molar-refractivity contribution in [3.63, 3.8) is 0 Å². The first-order chi connectivity index (χ1) is 7.19. The number of para-hydroxylation sites is 1. The molecule has 0 aromatic heterocycles. The third-order valence-corrected chi connectivity index (χ3v) is 1.85. The number of rotatable bonds is 2. The Morgan fingerprint density at radius 2 is 2.07 bits per heavy atom. The molecule has 0 aliphatic heterocycles. The smallest absolute Gasteiger partial charge is 0.175 e. The molecule has 1 unspecified atom stereocenters. The first-order valence-electron chi connectivity index (χ1n) is 4.23. The second-order valence-corrected chi connectivity index (χ2v) is 2.87. The average molecular weight is 199 g/mol. The van der Waals surface area contributed by atoms with E-state index in [1.54, 1.807) is 36.4 Å². The van der Waals surface area contributed by atoms with Gasteiger partial charge in [-0.25, -0.2) is 0 Å². The van der Waals surface area contributed by atoms with Crippen LogP contribution in [-0.4, -0.2) is 11.2 Å². The number of nitrogens with zero attached hydrogens (tertiary/aromatic N) is 2. The maximum atomic E-state index is 9.18. The van der Waals surface area contributed by atoms with Gasteiger partial charge >= 0.3 is 0 Å². The van der Waals surface area contributed by atoms with Gasteiger partial charge in [-0.2, -0.15) is 10.5 Å². The van der Waals surface area contributed by atoms with Crippen LogP contribution in [0.4, 0.5) is 5.69 Å². The Kier molecular flexibility index (Phi) is 3.45. The van der Waals surface area contributed by atoms with Gasteiger partial charge in [-0.1, -0.05) is 18.2 Å². The molecular weight excluding hydrogens is 190 g/mol. The molecule has 0 fully saturated rings. The molecule has 1 atom stereocenters. The summed E-state index contributed by atoms with van der Waals surface area (Å²) in [4.78, 5) is 0. The molecule has 0 amide bonds. The molecule has 1 aromatic carbocycles. The number of aliphatic hydroxyl groups is 1. The maximum Gasteiger partial charge on any atom is 0.175 e. The van der Waals surface area contributed by atoms with Gasteiger partial charge in [0.2, 0.25) is 0 Å². The number of anilines is 1. The largest absolute Gasteiger partial charge is 0.398 e. The lowest BCUT2D eigenvalue weighted by atomic mass is 10.1. The number of nitrogens with two attached hydrogens (primary N) is 1. The lowest BCUT2D eigenvalue weighted by Gasteiger charge is -2.02. The van der Waals surface area contributed by atoms with Crippen molar-refractivity contribution in [1.82, 2.24) is 0 Å². The van der Waals surface area contributed by atoms with Crippen LogP contribution >= 0.6 is 0 Å². The van der Waals surface area contributed by atoms with E-state index < -0.39 is 6.10 Å². The van der Waals surface area contributed by atoms with E-state index >= 15 is 0 Å². The molecule has 4 heteroatoms. The molecular formula is C11H9N3O. The Labute approximate surface area is 87.5 Å². The molecule has 3 N–H and O–H groups in total. The van der Waals surface area contributed by atoms with Crippen molar-refractivity contribution < 1.29 is 5.11 Å². The second-order valence-electron chi connectivity index (χ2n) is 2.87. The van der Waals surface area contributed by atoms with Crippen molar-refractivity contribution in [1.29, 1.82) is 10.5 Å². The van der Waals surface area contributed by atoms with Crippen LogP contribution in [0.25, 0.3) is 6.08 Å². The lowest BCUT2D eigenvalue weighted by molar-refractivity contribution is 0.271. The Balaban J connectivity index is 3.12. The fourth-order valence-electron chi connectivity index (χ4n) is 1.05. The topological polar surface area (TPSA) is 93.8 Å². The van der Waals surface area contributed by atoms with Crippen LogP contribution in [0.1, 0.15) is 5.56 Å². The predicted molar refractivity (Wildman–Crippen MR) is 56.1 cm³/mol. The second kappa shape index (κ2) is 4.80. The highest BCUT2D eigenvalue weighted by molar-refractivity contribution is 5.68. The highest BCUT2D eigenvalue weighted by Crippen LogP contribution is 2.15. The molecule has 0 aliphatic rings. The van der Waals surface area contributed by atoms with Crippen LogP contribution in [0.15, 0.2) is 29.8 Å². The van der Waals surface area contributed by atoms with E-state index in [2.05, 4.69) is 0 Å². The molecule has 1 rings (SSSR count). The predicted octanol–water partition coefficient (Wildman–Crippen LogP) is 1.06. The highest BCUT2D eigenvalue weighted by atomic mass is 16.3. The molecule has 0 bridgehead atoms. The Morgan fingerprint density at radius 3 is 2.60 bits per heavy atom. The molecule has 0 aliphatic carbocycles. The van der Waals surface area contributed by atoms with Crippen molar-refractivity contribution in [2.45, 2.75) is 6.10 Å². The summed E-state index contributed by atoms with van der Waals surface area (Å²) in [7, 11) is 0. The summed E-state index contributed by atoms with van der Waals surface area (Å²) in [6.07, 6.45) is -0.00180. The fourth-order valence-corrected chi connectivity index (χ4v) is 1.05. The first kappa shape index (κ1) is 10.8. The number of nitrogen functional groups attached to an aromatic ring is 1. The molecule has 0 heterocycles. The van der Waals surface area contributed by atoms with E-state index in [0.29, 0.717) is 11.3 Å². The van der Waals surface area contributed by atoms with E-state index in [4.69, 9.17) is 16.3 Å². The molecule has 0 radical (unpaired) electrons. The van der Waals surface area contributed by atoms with Crippen molar-refractivity contribution >= 4 is 11.8 Å². The third kappa shape index (κ3) is 2.57. The summed E-state index contributed by atoms with van der Waals surface area (Å²) in [5.74, 6) is 0. The fraction of sp³-hybridized carbons (Fsp3) is 0.0909. The average Bonchev–Trinajstić information content (AvgIpc) is 2.27. The number of nitriles is 2. The summed E-state index contributed by atoms with van der Waals surface area (Å²) in [5.41, 5.74) is 6.74. The van der Waals surface area contributed by atoms with Gasteiger partial charge in [-0.15, -0.1) is 0 Å². The van der Waals surface area contributed by atoms with Gasteiger partial charge in [0.15, 0.2) is 6.10 Å². The molecule has 74 valence electrons. The summed E-state index contributed by atoms with van der Waals surface area (Å²) in [5, 5.41) is 26.3. The van der Waals surface area contributed by atoms with Gasteiger partial charge in [0.25, 0.3) is 0 Å². The summed E-state index contributed by atoms with van der Waals surface area (Å²) in [6, 6.07) is 10.2. The van der Waals surface area contributed by atoms with Crippen LogP contribution in [0.2, 0.25) is 0 Å². The van der Waals surface area contributed by atoms with Gasteiger partial charge in [-0.05, 0) is 17.7 Å². The highest BCUT2D eigenvalue weighted by Gasteiger charge is 2.09. The molecule has 0 spiro atoms. The monoisotopic (exact) mass is 199 g/mol. The zero-order valence-corrected chi connectivity index (χ0v) is 7.88. The minimum Gasteiger partial charge on any atom is -0.398 e. The lowest BCUT2D eigenvalue weighted by Crippen LogP contribution is -2.05. The number of aliphatic hydroxyl groups excluding tert-OH is 1. The number of benzene rings is 1. The quantitative estimate of drug-likeness (QED) is 0.423. The van der Waals surface area contributed by atoms with Crippen molar-refractivity contribution in [3.05, 3.63) is 35.4 Å². The van der Waals surface area contributed by atoms with Crippen LogP contribution in [0.3, 0.4) is 0 Å². The Bertz CT molecular complexity index is 465. The SMILES string of the molecule is N#C/C(=C/c1ccccc1N)C(O)C#N. The van der Waals surface area contributed by atoms with Crippen LogP contribution < -0.4 is 5.73 Å². The normalized spacial score (nSPS) is 12.6. The van der Waals surface area contributed by atoms with Crippen molar-refractivity contribution in [2.75, 3.05) is 5.73 Å². The zero-order chi connectivity index (χ0) is 11.3. The molecule has 0 saturated heterocycles. The van der Waals surface area contributed by atoms with Crippen LogP contribution in [-0.2, 0) is 0 Å². The third-order valence-electron chi connectivity index (χ3n) is 1.85. The van der Waals surface area contributed by atoms with Crippen molar-refractivity contribution in [3.8, 4) is 12.1 Å². The van der Waals surface area contributed by atoms with E-state index in [9.17, 15) is 5.11 Å². The van der Waals surface area contributed by atoms with E-state index in [-0.39, 0.29) is 5.57 Å². The minimum atomic E-state index is -1.41. The number of hydrogen-bond donors (Lipinski definition) is 2.